The van der Waals surface area contributed by atoms with Crippen LogP contribution in [0.5, 0.6) is 0 Å². The Morgan fingerprint density at radius 3 is 1.81 bits per heavy atom. The summed E-state index contributed by atoms with van der Waals surface area (Å²) in [6.07, 6.45) is 6.43. The van der Waals surface area contributed by atoms with Crippen LogP contribution in [-0.4, -0.2) is 28.6 Å². The number of carboxylic acids is 1. The smallest absolute Gasteiger partial charge is 0.303 e. The van der Waals surface area contributed by atoms with E-state index in [1.54, 1.807) is 0 Å². The lowest BCUT2D eigenvalue weighted by molar-refractivity contribution is -0.137. The van der Waals surface area contributed by atoms with Gasteiger partial charge in [0.1, 0.15) is 5.78 Å². The quantitative estimate of drug-likeness (QED) is 0.533. The van der Waals surface area contributed by atoms with E-state index < -0.39 is 5.97 Å². The molecule has 0 bridgehead atoms. The average molecular weight is 230 g/mol. The van der Waals surface area contributed by atoms with Gasteiger partial charge in [0.2, 0.25) is 0 Å². The van der Waals surface area contributed by atoms with E-state index in [9.17, 15) is 9.59 Å². The largest absolute Gasteiger partial charge is 0.481 e. The standard InChI is InChI=1S/C12H22O4/c13-10-6-8-11(14)7-4-2-1-3-5-9-12(15)16/h13H,1-10H2,(H,15,16). The summed E-state index contributed by atoms with van der Waals surface area (Å²) in [6, 6.07) is 0. The molecular formula is C12H22O4. The molecule has 0 atom stereocenters. The van der Waals surface area contributed by atoms with Crippen molar-refractivity contribution in [1.82, 2.24) is 0 Å². The molecule has 0 radical (unpaired) electrons. The Hall–Kier alpha value is -0.900. The molecule has 0 fully saturated rings. The van der Waals surface area contributed by atoms with Crippen LogP contribution in [0.2, 0.25) is 0 Å². The van der Waals surface area contributed by atoms with E-state index in [0.29, 0.717) is 19.3 Å². The third-order valence-electron chi connectivity index (χ3n) is 2.46. The van der Waals surface area contributed by atoms with Gasteiger partial charge in [0, 0.05) is 25.9 Å². The van der Waals surface area contributed by atoms with Crippen molar-refractivity contribution < 1.29 is 19.8 Å². The van der Waals surface area contributed by atoms with Gasteiger partial charge < -0.3 is 10.2 Å². The summed E-state index contributed by atoms with van der Waals surface area (Å²) in [5.41, 5.74) is 0. The number of aliphatic hydroxyl groups excluding tert-OH is 1. The van der Waals surface area contributed by atoms with E-state index in [1.807, 2.05) is 0 Å². The molecule has 0 amide bonds. The van der Waals surface area contributed by atoms with Crippen molar-refractivity contribution in [2.24, 2.45) is 0 Å². The molecule has 0 aliphatic carbocycles. The van der Waals surface area contributed by atoms with Gasteiger partial charge >= 0.3 is 5.97 Å². The van der Waals surface area contributed by atoms with Crippen LogP contribution in [0.25, 0.3) is 0 Å². The minimum absolute atomic E-state index is 0.0843. The summed E-state index contributed by atoms with van der Waals surface area (Å²) >= 11 is 0. The summed E-state index contributed by atoms with van der Waals surface area (Å²) in [6.45, 7) is 0.0843. The Morgan fingerprint density at radius 2 is 1.25 bits per heavy atom. The maximum atomic E-state index is 11.2. The van der Waals surface area contributed by atoms with Gasteiger partial charge in [-0.25, -0.2) is 0 Å². The van der Waals surface area contributed by atoms with Gasteiger partial charge in [0.15, 0.2) is 0 Å². The number of carbonyl (C=O) groups excluding carboxylic acids is 1. The van der Waals surface area contributed by atoms with Gasteiger partial charge in [-0.15, -0.1) is 0 Å². The van der Waals surface area contributed by atoms with E-state index in [-0.39, 0.29) is 18.8 Å². The van der Waals surface area contributed by atoms with Gasteiger partial charge in [0.05, 0.1) is 0 Å². The minimum atomic E-state index is -0.737. The molecule has 0 aliphatic heterocycles. The maximum Gasteiger partial charge on any atom is 0.303 e. The third-order valence-corrected chi connectivity index (χ3v) is 2.46. The van der Waals surface area contributed by atoms with Gasteiger partial charge in [-0.2, -0.15) is 0 Å². The molecular weight excluding hydrogens is 208 g/mol. The molecule has 0 rings (SSSR count). The Kier molecular flexibility index (Phi) is 10.0. The minimum Gasteiger partial charge on any atom is -0.481 e. The molecule has 0 aliphatic rings. The number of hydrogen-bond acceptors (Lipinski definition) is 3. The second kappa shape index (κ2) is 10.6. The maximum absolute atomic E-state index is 11.2. The molecule has 2 N–H and O–H groups in total. The highest BCUT2D eigenvalue weighted by atomic mass is 16.4. The number of unbranched alkanes of at least 4 members (excludes halogenated alkanes) is 4. The Balaban J connectivity index is 3.14. The fourth-order valence-corrected chi connectivity index (χ4v) is 1.53. The number of carboxylic acid groups (broad SMARTS) is 1. The predicted molar refractivity (Wildman–Crippen MR) is 61.3 cm³/mol. The number of hydrogen-bond donors (Lipinski definition) is 2. The Bertz CT molecular complexity index is 201. The van der Waals surface area contributed by atoms with Crippen LogP contribution in [-0.2, 0) is 9.59 Å². The van der Waals surface area contributed by atoms with E-state index in [4.69, 9.17) is 10.2 Å². The summed E-state index contributed by atoms with van der Waals surface area (Å²) < 4.78 is 0. The van der Waals surface area contributed by atoms with E-state index in [0.717, 1.165) is 32.1 Å². The van der Waals surface area contributed by atoms with Gasteiger partial charge in [-0.1, -0.05) is 19.3 Å². The highest BCUT2D eigenvalue weighted by Gasteiger charge is 2.01. The zero-order valence-electron chi connectivity index (χ0n) is 9.78. The number of aliphatic hydroxyl groups is 1. The summed E-state index contributed by atoms with van der Waals surface area (Å²) in [5, 5.41) is 16.9. The molecule has 0 aromatic rings. The number of Topliss-reactive ketones (excluding diaryl/α,β-unsaturated/α-hetero) is 1. The zero-order valence-corrected chi connectivity index (χ0v) is 9.78. The highest BCUT2D eigenvalue weighted by Crippen LogP contribution is 2.08. The lowest BCUT2D eigenvalue weighted by atomic mass is 10.1. The van der Waals surface area contributed by atoms with Crippen LogP contribution < -0.4 is 0 Å². The summed E-state index contributed by atoms with van der Waals surface area (Å²) in [4.78, 5) is 21.4. The molecule has 4 heteroatoms. The fourth-order valence-electron chi connectivity index (χ4n) is 1.53. The van der Waals surface area contributed by atoms with Crippen molar-refractivity contribution in [2.75, 3.05) is 6.61 Å². The number of carbonyl (C=O) groups is 2. The number of rotatable bonds is 11. The lowest BCUT2D eigenvalue weighted by Gasteiger charge is -2.00. The molecule has 0 heterocycles. The van der Waals surface area contributed by atoms with Crippen molar-refractivity contribution >= 4 is 11.8 Å². The monoisotopic (exact) mass is 230 g/mol. The molecule has 0 aromatic carbocycles. The van der Waals surface area contributed by atoms with Gasteiger partial charge in [0.25, 0.3) is 0 Å². The first-order chi connectivity index (χ1) is 7.66. The van der Waals surface area contributed by atoms with E-state index in [2.05, 4.69) is 0 Å². The molecule has 0 unspecified atom stereocenters. The lowest BCUT2D eigenvalue weighted by Crippen LogP contribution is -1.99. The molecule has 0 spiro atoms. The third kappa shape index (κ3) is 11.2. The Morgan fingerprint density at radius 1 is 0.750 bits per heavy atom. The van der Waals surface area contributed by atoms with Crippen LogP contribution in [0.1, 0.15) is 57.8 Å². The summed E-state index contributed by atoms with van der Waals surface area (Å²) in [5.74, 6) is -0.515. The highest BCUT2D eigenvalue weighted by molar-refractivity contribution is 5.78. The molecule has 0 saturated heterocycles. The molecule has 0 saturated carbocycles. The SMILES string of the molecule is O=C(O)CCCCCCCC(=O)CCCO. The van der Waals surface area contributed by atoms with Crippen LogP contribution in [0, 0.1) is 0 Å². The van der Waals surface area contributed by atoms with Crippen LogP contribution in [0.4, 0.5) is 0 Å². The fraction of sp³-hybridized carbons (Fsp3) is 0.833. The number of aliphatic carboxylic acids is 1. The first-order valence-corrected chi connectivity index (χ1v) is 6.01. The topological polar surface area (TPSA) is 74.6 Å². The van der Waals surface area contributed by atoms with Gasteiger partial charge in [-0.3, -0.25) is 9.59 Å². The first kappa shape index (κ1) is 15.1. The molecule has 0 aromatic heterocycles. The van der Waals surface area contributed by atoms with Crippen molar-refractivity contribution in [3.05, 3.63) is 0 Å². The van der Waals surface area contributed by atoms with Crippen LogP contribution in [0.15, 0.2) is 0 Å². The molecule has 94 valence electrons. The molecule has 4 nitrogen and oxygen atoms in total. The Labute approximate surface area is 96.7 Å². The van der Waals surface area contributed by atoms with Crippen molar-refractivity contribution in [3.8, 4) is 0 Å². The zero-order chi connectivity index (χ0) is 12.2. The predicted octanol–water partition coefficient (Wildman–Crippen LogP) is 2.14. The van der Waals surface area contributed by atoms with Crippen molar-refractivity contribution in [3.63, 3.8) is 0 Å². The summed E-state index contributed by atoms with van der Waals surface area (Å²) in [7, 11) is 0. The normalized spacial score (nSPS) is 10.3. The van der Waals surface area contributed by atoms with Crippen LogP contribution >= 0.6 is 0 Å². The average Bonchev–Trinajstić information content (AvgIpc) is 2.24. The van der Waals surface area contributed by atoms with Crippen molar-refractivity contribution in [1.29, 1.82) is 0 Å². The number of ketones is 1. The second-order valence-electron chi connectivity index (χ2n) is 4.03. The van der Waals surface area contributed by atoms with Gasteiger partial charge in [-0.05, 0) is 19.3 Å². The molecule has 16 heavy (non-hydrogen) atoms. The van der Waals surface area contributed by atoms with E-state index >= 15 is 0 Å². The second-order valence-corrected chi connectivity index (χ2v) is 4.03. The first-order valence-electron chi connectivity index (χ1n) is 6.01. The van der Waals surface area contributed by atoms with Crippen molar-refractivity contribution in [2.45, 2.75) is 57.8 Å². The van der Waals surface area contributed by atoms with E-state index in [1.165, 1.54) is 0 Å². The van der Waals surface area contributed by atoms with Crippen LogP contribution in [0.3, 0.4) is 0 Å².